The zero-order valence-corrected chi connectivity index (χ0v) is 22.1. The molecule has 0 saturated carbocycles. The van der Waals surface area contributed by atoms with Crippen molar-refractivity contribution in [3.8, 4) is 48.4 Å². The molecule has 0 aromatic heterocycles. The van der Waals surface area contributed by atoms with Gasteiger partial charge in [0.2, 0.25) is 0 Å². The van der Waals surface area contributed by atoms with Crippen LogP contribution in [0.3, 0.4) is 0 Å². The molecule has 1 aliphatic rings. The monoisotopic (exact) mass is 510 g/mol. The molecular weight excluding hydrogens is 474 g/mol. The van der Waals surface area contributed by atoms with Gasteiger partial charge in [-0.2, -0.15) is 0 Å². The summed E-state index contributed by atoms with van der Waals surface area (Å²) in [6, 6.07) is 13.1. The molecule has 1 aliphatic heterocycles. The van der Waals surface area contributed by atoms with Gasteiger partial charge >= 0.3 is 0 Å². The van der Waals surface area contributed by atoms with Crippen molar-refractivity contribution in [1.29, 1.82) is 0 Å². The van der Waals surface area contributed by atoms with Crippen molar-refractivity contribution < 1.29 is 8.78 Å². The van der Waals surface area contributed by atoms with Crippen molar-refractivity contribution in [2.75, 3.05) is 26.2 Å². The van der Waals surface area contributed by atoms with Gasteiger partial charge < -0.3 is 0 Å². The average molecular weight is 511 g/mol. The number of piperazine rings is 1. The van der Waals surface area contributed by atoms with E-state index in [0.717, 1.165) is 88.7 Å². The van der Waals surface area contributed by atoms with Crippen LogP contribution in [0.1, 0.15) is 74.6 Å². The van der Waals surface area contributed by atoms with Crippen LogP contribution in [0.5, 0.6) is 0 Å². The molecule has 2 unspecified atom stereocenters. The number of unbranched alkanes of at least 4 members (excludes halogenated alkanes) is 6. The maximum absolute atomic E-state index is 13.6. The van der Waals surface area contributed by atoms with Gasteiger partial charge in [-0.15, -0.1) is 36.5 Å². The first kappa shape index (κ1) is 29.0. The van der Waals surface area contributed by atoms with E-state index in [2.05, 4.69) is 45.3 Å². The van der Waals surface area contributed by atoms with Crippen LogP contribution in [0.4, 0.5) is 8.78 Å². The standard InChI is InChI=1S/C34H36F2N2/c1-3-5-7-9-11-13-15-33(29-17-21-31(35)22-18-29)37-25-27-38(28-26-37)34(16-14-12-10-8-6-4-2)30-19-23-32(36)24-20-30/h1-2,17-24,33-34H,5-12,25-28H2. The molecule has 0 N–H and O–H groups in total. The van der Waals surface area contributed by atoms with Crippen LogP contribution in [0.25, 0.3) is 0 Å². The van der Waals surface area contributed by atoms with Crippen LogP contribution in [-0.2, 0) is 0 Å². The molecule has 38 heavy (non-hydrogen) atoms. The fourth-order valence-corrected chi connectivity index (χ4v) is 4.53. The molecule has 2 nitrogen and oxygen atoms in total. The van der Waals surface area contributed by atoms with Crippen LogP contribution in [-0.4, -0.2) is 36.0 Å². The normalized spacial score (nSPS) is 15.2. The summed E-state index contributed by atoms with van der Waals surface area (Å²) in [4.78, 5) is 4.71. The first-order chi connectivity index (χ1) is 18.6. The quantitative estimate of drug-likeness (QED) is 0.257. The zero-order valence-electron chi connectivity index (χ0n) is 22.1. The second kappa shape index (κ2) is 16.3. The topological polar surface area (TPSA) is 6.48 Å². The largest absolute Gasteiger partial charge is 0.284 e. The van der Waals surface area contributed by atoms with E-state index in [1.54, 1.807) is 0 Å². The Balaban J connectivity index is 1.70. The van der Waals surface area contributed by atoms with E-state index in [1.807, 2.05) is 24.3 Å². The highest BCUT2D eigenvalue weighted by molar-refractivity contribution is 5.30. The van der Waals surface area contributed by atoms with Crippen molar-refractivity contribution in [2.45, 2.75) is 63.5 Å². The van der Waals surface area contributed by atoms with Crippen LogP contribution in [0.15, 0.2) is 48.5 Å². The Labute approximate surface area is 227 Å². The Bertz CT molecular complexity index is 1090. The second-order valence-corrected chi connectivity index (χ2v) is 9.44. The third kappa shape index (κ3) is 9.40. The zero-order chi connectivity index (χ0) is 27.0. The third-order valence-electron chi connectivity index (χ3n) is 6.67. The molecule has 0 amide bonds. The predicted octanol–water partition coefficient (Wildman–Crippen LogP) is 6.76. The van der Waals surface area contributed by atoms with E-state index in [1.165, 1.54) is 24.3 Å². The summed E-state index contributed by atoms with van der Waals surface area (Å²) in [6.45, 7) is 3.20. The van der Waals surface area contributed by atoms with Crippen LogP contribution in [0, 0.1) is 60.0 Å². The predicted molar refractivity (Wildman–Crippen MR) is 152 cm³/mol. The third-order valence-corrected chi connectivity index (χ3v) is 6.67. The molecule has 0 radical (unpaired) electrons. The lowest BCUT2D eigenvalue weighted by Crippen LogP contribution is -2.48. The van der Waals surface area contributed by atoms with Crippen LogP contribution < -0.4 is 0 Å². The Morgan fingerprint density at radius 2 is 0.921 bits per heavy atom. The molecule has 1 saturated heterocycles. The minimum atomic E-state index is -0.250. The number of rotatable bonds is 10. The number of nitrogens with zero attached hydrogens (tertiary/aromatic N) is 2. The minimum absolute atomic E-state index is 0.100. The Kier molecular flexibility index (Phi) is 12.5. The van der Waals surface area contributed by atoms with Gasteiger partial charge in [0, 0.05) is 51.9 Å². The summed E-state index contributed by atoms with van der Waals surface area (Å²) in [5.41, 5.74) is 2.00. The summed E-state index contributed by atoms with van der Waals surface area (Å²) < 4.78 is 27.2. The lowest BCUT2D eigenvalue weighted by atomic mass is 10.0. The van der Waals surface area contributed by atoms with Crippen molar-refractivity contribution in [3.63, 3.8) is 0 Å². The molecule has 1 fully saturated rings. The summed E-state index contributed by atoms with van der Waals surface area (Å²) in [5, 5.41) is 0. The SMILES string of the molecule is C#CCCCCC#CC(c1ccc(F)cc1)N1CCN(C(C#CCCCCC#C)c2ccc(F)cc2)CC1. The number of terminal acetylenes is 2. The van der Waals surface area contributed by atoms with Gasteiger partial charge in [0.1, 0.15) is 11.6 Å². The fourth-order valence-electron chi connectivity index (χ4n) is 4.53. The molecule has 0 aliphatic carbocycles. The first-order valence-electron chi connectivity index (χ1n) is 13.4. The molecule has 3 rings (SSSR count). The molecule has 4 heteroatoms. The summed E-state index contributed by atoms with van der Waals surface area (Å²) >= 11 is 0. The number of hydrogen-bond donors (Lipinski definition) is 0. The molecule has 2 aromatic rings. The lowest BCUT2D eigenvalue weighted by Gasteiger charge is -2.40. The average Bonchev–Trinajstić information content (AvgIpc) is 2.94. The summed E-state index contributed by atoms with van der Waals surface area (Å²) in [7, 11) is 0. The van der Waals surface area contributed by atoms with Crippen molar-refractivity contribution in [3.05, 3.63) is 71.3 Å². The molecule has 1 heterocycles. The first-order valence-corrected chi connectivity index (χ1v) is 13.4. The second-order valence-electron chi connectivity index (χ2n) is 9.44. The van der Waals surface area contributed by atoms with E-state index in [9.17, 15) is 8.78 Å². The van der Waals surface area contributed by atoms with Gasteiger partial charge in [-0.1, -0.05) is 36.1 Å². The Hall–Kier alpha value is -3.54. The number of benzene rings is 2. The Morgan fingerprint density at radius 1 is 0.579 bits per heavy atom. The minimum Gasteiger partial charge on any atom is -0.284 e. The maximum atomic E-state index is 13.6. The van der Waals surface area contributed by atoms with Gasteiger partial charge in [-0.3, -0.25) is 9.80 Å². The van der Waals surface area contributed by atoms with Crippen LogP contribution >= 0.6 is 0 Å². The fraction of sp³-hybridized carbons (Fsp3) is 0.412. The van der Waals surface area contributed by atoms with Crippen molar-refractivity contribution >= 4 is 0 Å². The van der Waals surface area contributed by atoms with Crippen molar-refractivity contribution in [2.24, 2.45) is 0 Å². The van der Waals surface area contributed by atoms with E-state index < -0.39 is 0 Å². The smallest absolute Gasteiger partial charge is 0.123 e. The Morgan fingerprint density at radius 3 is 1.26 bits per heavy atom. The van der Waals surface area contributed by atoms with Gasteiger partial charge in [0.15, 0.2) is 0 Å². The highest BCUT2D eigenvalue weighted by Crippen LogP contribution is 2.27. The van der Waals surface area contributed by atoms with Gasteiger partial charge in [0.05, 0.1) is 12.1 Å². The summed E-state index contributed by atoms with van der Waals surface area (Å²) in [5.74, 6) is 18.4. The maximum Gasteiger partial charge on any atom is 0.123 e. The van der Waals surface area contributed by atoms with E-state index >= 15 is 0 Å². The van der Waals surface area contributed by atoms with Gasteiger partial charge in [-0.25, -0.2) is 8.78 Å². The highest BCUT2D eigenvalue weighted by Gasteiger charge is 2.28. The number of halogens is 2. The highest BCUT2D eigenvalue weighted by atomic mass is 19.1. The molecule has 2 atom stereocenters. The molecule has 0 bridgehead atoms. The number of hydrogen-bond acceptors (Lipinski definition) is 2. The van der Waals surface area contributed by atoms with E-state index in [4.69, 9.17) is 12.8 Å². The van der Waals surface area contributed by atoms with Gasteiger partial charge in [-0.05, 0) is 61.1 Å². The lowest BCUT2D eigenvalue weighted by molar-refractivity contribution is 0.0989. The van der Waals surface area contributed by atoms with Crippen molar-refractivity contribution in [1.82, 2.24) is 9.80 Å². The van der Waals surface area contributed by atoms with E-state index in [0.29, 0.717) is 0 Å². The molecule has 0 spiro atoms. The van der Waals surface area contributed by atoms with E-state index in [-0.39, 0.29) is 23.7 Å². The van der Waals surface area contributed by atoms with Crippen LogP contribution in [0.2, 0.25) is 0 Å². The molecule has 2 aromatic carbocycles. The van der Waals surface area contributed by atoms with Gasteiger partial charge in [0.25, 0.3) is 0 Å². The molecule has 196 valence electrons. The summed E-state index contributed by atoms with van der Waals surface area (Å²) in [6.07, 6.45) is 17.7. The molecular formula is C34H36F2N2.